The molecule has 0 bridgehead atoms. The zero-order chi connectivity index (χ0) is 20.6. The number of hydrogen-bond donors (Lipinski definition) is 2. The number of nitrogens with zero attached hydrogens (tertiary/aromatic N) is 1. The lowest BCUT2D eigenvalue weighted by Crippen LogP contribution is -2.23. The predicted molar refractivity (Wildman–Crippen MR) is 109 cm³/mol. The highest BCUT2D eigenvalue weighted by atomic mass is 16.5. The van der Waals surface area contributed by atoms with Gasteiger partial charge in [0.25, 0.3) is 5.91 Å². The van der Waals surface area contributed by atoms with E-state index in [9.17, 15) is 9.59 Å². The fraction of sp³-hybridized carbons (Fsp3) is 0.136. The first kappa shape index (κ1) is 19.9. The molecule has 0 aliphatic heterocycles. The molecule has 7 heteroatoms. The van der Waals surface area contributed by atoms with E-state index in [-0.39, 0.29) is 11.6 Å². The quantitative estimate of drug-likeness (QED) is 0.599. The Morgan fingerprint density at radius 2 is 1.72 bits per heavy atom. The molecule has 0 saturated carbocycles. The number of rotatable bonds is 7. The second-order valence-electron chi connectivity index (χ2n) is 6.16. The smallest absolute Gasteiger partial charge is 0.337 e. The van der Waals surface area contributed by atoms with Crippen molar-refractivity contribution in [2.24, 2.45) is 0 Å². The molecule has 148 valence electrons. The van der Waals surface area contributed by atoms with Gasteiger partial charge in [-0.1, -0.05) is 18.2 Å². The van der Waals surface area contributed by atoms with E-state index in [4.69, 9.17) is 9.47 Å². The minimum Gasteiger partial charge on any atom is -0.497 e. The maximum atomic E-state index is 12.4. The molecule has 3 aromatic rings. The molecule has 0 aliphatic carbocycles. The number of aromatic nitrogens is 1. The normalized spacial score (nSPS) is 10.1. The van der Waals surface area contributed by atoms with Gasteiger partial charge in [0.2, 0.25) is 0 Å². The lowest BCUT2D eigenvalue weighted by Gasteiger charge is -2.10. The summed E-state index contributed by atoms with van der Waals surface area (Å²) in [4.78, 5) is 28.2. The van der Waals surface area contributed by atoms with Crippen LogP contribution in [0.25, 0.3) is 0 Å². The van der Waals surface area contributed by atoms with Crippen LogP contribution in [-0.4, -0.2) is 31.1 Å². The minimum absolute atomic E-state index is 0.284. The number of pyridine rings is 1. The van der Waals surface area contributed by atoms with E-state index in [1.165, 1.54) is 7.11 Å². The molecule has 2 aromatic carbocycles. The van der Waals surface area contributed by atoms with Gasteiger partial charge in [-0.05, 0) is 48.0 Å². The Morgan fingerprint density at radius 1 is 0.966 bits per heavy atom. The number of carbonyl (C=O) groups excluding carboxylic acids is 2. The molecule has 0 saturated heterocycles. The Morgan fingerprint density at radius 3 is 2.45 bits per heavy atom. The number of anilines is 2. The summed E-state index contributed by atoms with van der Waals surface area (Å²) in [6.45, 7) is 0.378. The summed E-state index contributed by atoms with van der Waals surface area (Å²) in [5.74, 6) is 0.0616. The van der Waals surface area contributed by atoms with Gasteiger partial charge in [0.15, 0.2) is 0 Å². The van der Waals surface area contributed by atoms with Crippen LogP contribution in [0.1, 0.15) is 26.4 Å². The molecule has 0 unspecified atom stereocenters. The zero-order valence-electron chi connectivity index (χ0n) is 16.1. The van der Waals surface area contributed by atoms with Crippen molar-refractivity contribution in [1.29, 1.82) is 0 Å². The Labute approximate surface area is 168 Å². The average molecular weight is 391 g/mol. The monoisotopic (exact) mass is 391 g/mol. The molecule has 29 heavy (non-hydrogen) atoms. The van der Waals surface area contributed by atoms with E-state index in [0.717, 1.165) is 11.3 Å². The van der Waals surface area contributed by atoms with Gasteiger partial charge in [0, 0.05) is 24.1 Å². The van der Waals surface area contributed by atoms with Crippen molar-refractivity contribution < 1.29 is 19.1 Å². The Balaban J connectivity index is 1.65. The van der Waals surface area contributed by atoms with Crippen LogP contribution >= 0.6 is 0 Å². The molecule has 1 heterocycles. The van der Waals surface area contributed by atoms with Gasteiger partial charge >= 0.3 is 5.97 Å². The Bertz CT molecular complexity index is 1000. The topological polar surface area (TPSA) is 89.5 Å². The number of hydrogen-bond acceptors (Lipinski definition) is 6. The molecule has 1 aromatic heterocycles. The van der Waals surface area contributed by atoms with Gasteiger partial charge in [-0.15, -0.1) is 0 Å². The van der Waals surface area contributed by atoms with E-state index in [1.807, 2.05) is 30.3 Å². The first-order chi connectivity index (χ1) is 14.1. The van der Waals surface area contributed by atoms with Crippen molar-refractivity contribution in [3.05, 3.63) is 83.7 Å². The third kappa shape index (κ3) is 5.32. The Hall–Kier alpha value is -3.87. The summed E-state index contributed by atoms with van der Waals surface area (Å²) in [7, 11) is 2.94. The second-order valence-corrected chi connectivity index (χ2v) is 6.16. The van der Waals surface area contributed by atoms with Gasteiger partial charge in [0.1, 0.15) is 11.4 Å². The van der Waals surface area contributed by atoms with Crippen LogP contribution in [0.2, 0.25) is 0 Å². The molecule has 0 fully saturated rings. The zero-order valence-corrected chi connectivity index (χ0v) is 16.1. The van der Waals surface area contributed by atoms with Crippen LogP contribution in [0.3, 0.4) is 0 Å². The van der Waals surface area contributed by atoms with Crippen molar-refractivity contribution in [2.75, 3.05) is 19.5 Å². The van der Waals surface area contributed by atoms with Crippen LogP contribution in [0.5, 0.6) is 5.75 Å². The largest absolute Gasteiger partial charge is 0.497 e. The predicted octanol–water partition coefficient (Wildman–Crippen LogP) is 3.55. The third-order valence-electron chi connectivity index (χ3n) is 4.18. The average Bonchev–Trinajstić information content (AvgIpc) is 2.77. The maximum Gasteiger partial charge on any atom is 0.337 e. The van der Waals surface area contributed by atoms with Gasteiger partial charge in [0.05, 0.1) is 19.8 Å². The van der Waals surface area contributed by atoms with E-state index in [1.54, 1.807) is 43.6 Å². The van der Waals surface area contributed by atoms with Crippen molar-refractivity contribution in [2.45, 2.75) is 6.54 Å². The Kier molecular flexibility index (Phi) is 6.42. The summed E-state index contributed by atoms with van der Waals surface area (Å²) in [5, 5.41) is 6.01. The second kappa shape index (κ2) is 9.36. The molecular formula is C22H21N3O4. The minimum atomic E-state index is -0.415. The first-order valence-corrected chi connectivity index (χ1v) is 8.91. The number of ether oxygens (including phenoxy) is 2. The highest BCUT2D eigenvalue weighted by molar-refractivity contribution is 5.93. The number of benzene rings is 2. The van der Waals surface area contributed by atoms with E-state index < -0.39 is 5.97 Å². The van der Waals surface area contributed by atoms with Crippen LogP contribution in [0, 0.1) is 0 Å². The highest BCUT2D eigenvalue weighted by Crippen LogP contribution is 2.19. The van der Waals surface area contributed by atoms with Gasteiger partial charge in [-0.25, -0.2) is 4.79 Å². The molecule has 0 radical (unpaired) electrons. The maximum absolute atomic E-state index is 12.4. The molecular weight excluding hydrogens is 370 g/mol. The number of carbonyl (C=O) groups is 2. The van der Waals surface area contributed by atoms with Crippen LogP contribution in [0.15, 0.2) is 66.9 Å². The molecule has 1 amide bonds. The van der Waals surface area contributed by atoms with Gasteiger partial charge in [-0.2, -0.15) is 0 Å². The van der Waals surface area contributed by atoms with Crippen molar-refractivity contribution in [3.63, 3.8) is 0 Å². The number of methoxy groups -OCH3 is 2. The molecule has 2 N–H and O–H groups in total. The SMILES string of the molecule is COC(=O)c1cccc(Nc2ccnc(C(=O)NCc3ccc(OC)cc3)c2)c1. The van der Waals surface area contributed by atoms with Gasteiger partial charge in [-0.3, -0.25) is 9.78 Å². The van der Waals surface area contributed by atoms with Crippen LogP contribution in [-0.2, 0) is 11.3 Å². The lowest BCUT2D eigenvalue weighted by molar-refractivity contribution is 0.0600. The first-order valence-electron chi connectivity index (χ1n) is 8.91. The van der Waals surface area contributed by atoms with E-state index >= 15 is 0 Å². The summed E-state index contributed by atoms with van der Waals surface area (Å²) in [5.41, 5.74) is 3.05. The molecule has 0 atom stereocenters. The summed E-state index contributed by atoms with van der Waals surface area (Å²) in [6.07, 6.45) is 1.55. The van der Waals surface area contributed by atoms with Crippen LogP contribution < -0.4 is 15.4 Å². The molecule has 3 rings (SSSR count). The fourth-order valence-electron chi connectivity index (χ4n) is 2.66. The van der Waals surface area contributed by atoms with E-state index in [0.29, 0.717) is 23.5 Å². The fourth-order valence-corrected chi connectivity index (χ4v) is 2.66. The third-order valence-corrected chi connectivity index (χ3v) is 4.18. The lowest BCUT2D eigenvalue weighted by atomic mass is 10.2. The summed E-state index contributed by atoms with van der Waals surface area (Å²) in [6, 6.07) is 17.8. The summed E-state index contributed by atoms with van der Waals surface area (Å²) < 4.78 is 9.85. The molecule has 0 aliphatic rings. The highest BCUT2D eigenvalue weighted by Gasteiger charge is 2.09. The van der Waals surface area contributed by atoms with Crippen molar-refractivity contribution >= 4 is 23.3 Å². The number of esters is 1. The number of nitrogens with one attached hydrogen (secondary N) is 2. The van der Waals surface area contributed by atoms with Crippen molar-refractivity contribution in [1.82, 2.24) is 10.3 Å². The van der Waals surface area contributed by atoms with Crippen LogP contribution in [0.4, 0.5) is 11.4 Å². The molecule has 0 spiro atoms. The van der Waals surface area contributed by atoms with Crippen molar-refractivity contribution in [3.8, 4) is 5.75 Å². The van der Waals surface area contributed by atoms with Gasteiger partial charge < -0.3 is 20.1 Å². The summed E-state index contributed by atoms with van der Waals surface area (Å²) >= 11 is 0. The standard InChI is InChI=1S/C22H21N3O4/c1-28-19-8-6-15(7-9-19)14-24-21(26)20-13-18(10-11-23-20)25-17-5-3-4-16(12-17)22(27)29-2/h3-13H,14H2,1-2H3,(H,23,25)(H,24,26). The number of amides is 1. The van der Waals surface area contributed by atoms with E-state index in [2.05, 4.69) is 15.6 Å². The molecule has 7 nitrogen and oxygen atoms in total.